The average Bonchev–Trinajstić information content (AvgIpc) is 2.85. The summed E-state index contributed by atoms with van der Waals surface area (Å²) in [7, 11) is 1.43. The van der Waals surface area contributed by atoms with Crippen molar-refractivity contribution in [2.45, 2.75) is 0 Å². The van der Waals surface area contributed by atoms with Gasteiger partial charge < -0.3 is 0 Å². The van der Waals surface area contributed by atoms with E-state index in [1.807, 2.05) is 0 Å². The molecule has 0 atom stereocenters. The first kappa shape index (κ1) is 14.4. The normalized spacial score (nSPS) is 10.1. The monoisotopic (exact) mass is 356 g/mol. The van der Waals surface area contributed by atoms with E-state index in [-0.39, 0.29) is 11.3 Å². The van der Waals surface area contributed by atoms with Crippen molar-refractivity contribution in [1.82, 2.24) is 20.6 Å². The second-order valence-corrected chi connectivity index (χ2v) is 6.16. The molecule has 2 aromatic heterocycles. The Hall–Kier alpha value is -2.00. The molecule has 0 unspecified atom stereocenters. The molecule has 0 radical (unpaired) electrons. The Morgan fingerprint density at radius 3 is 2.50 bits per heavy atom. The number of thiophene rings is 1. The maximum absolute atomic E-state index is 11.7. The lowest BCUT2D eigenvalue weighted by molar-refractivity contribution is 0.0845. The summed E-state index contributed by atoms with van der Waals surface area (Å²) in [6.45, 7) is 0. The van der Waals surface area contributed by atoms with Gasteiger partial charge in [0.15, 0.2) is 5.69 Å². The second-order valence-electron chi connectivity index (χ2n) is 3.69. The van der Waals surface area contributed by atoms with Crippen molar-refractivity contribution in [3.05, 3.63) is 49.0 Å². The van der Waals surface area contributed by atoms with Crippen LogP contribution in [0.15, 0.2) is 32.8 Å². The molecule has 2 N–H and O–H groups in total. The Bertz CT molecular complexity index is 724. The van der Waals surface area contributed by atoms with E-state index in [1.165, 1.54) is 30.5 Å². The topological polar surface area (TPSA) is 93.1 Å². The van der Waals surface area contributed by atoms with E-state index in [4.69, 9.17) is 0 Å². The van der Waals surface area contributed by atoms with Gasteiger partial charge in [-0.3, -0.25) is 25.2 Å². The van der Waals surface area contributed by atoms with Crippen LogP contribution < -0.4 is 16.4 Å². The molecule has 9 heteroatoms. The molecule has 2 heterocycles. The molecule has 0 aromatic carbocycles. The molecule has 7 nitrogen and oxygen atoms in total. The standard InChI is InChI=1S/C11H9BrN4O3S/c1-16-9(17)5-2-6(15-16)10(18)13-14-11(19)7-3-4-8(12)20-7/h2-5H,1H3,(H,13,18)(H,14,19). The van der Waals surface area contributed by atoms with Crippen molar-refractivity contribution >= 4 is 39.1 Å². The number of carbonyl (C=O) groups excluding carboxylic acids is 2. The average molecular weight is 357 g/mol. The molecular weight excluding hydrogens is 348 g/mol. The summed E-state index contributed by atoms with van der Waals surface area (Å²) in [6, 6.07) is 5.86. The van der Waals surface area contributed by atoms with Gasteiger partial charge in [0, 0.05) is 13.1 Å². The van der Waals surface area contributed by atoms with Gasteiger partial charge in [-0.2, -0.15) is 5.10 Å². The third kappa shape index (κ3) is 3.31. The second kappa shape index (κ2) is 5.97. The molecule has 0 fully saturated rings. The fourth-order valence-corrected chi connectivity index (χ4v) is 2.58. The van der Waals surface area contributed by atoms with Gasteiger partial charge in [0.2, 0.25) is 0 Å². The Morgan fingerprint density at radius 2 is 1.90 bits per heavy atom. The number of nitrogens with one attached hydrogen (secondary N) is 2. The number of carbonyl (C=O) groups is 2. The van der Waals surface area contributed by atoms with Crippen molar-refractivity contribution in [1.29, 1.82) is 0 Å². The van der Waals surface area contributed by atoms with Crippen molar-refractivity contribution in [3.8, 4) is 0 Å². The van der Waals surface area contributed by atoms with Crippen LogP contribution in [0.1, 0.15) is 20.2 Å². The first-order valence-corrected chi connectivity index (χ1v) is 6.98. The number of rotatable bonds is 2. The van der Waals surface area contributed by atoms with Crippen molar-refractivity contribution < 1.29 is 9.59 Å². The molecule has 0 saturated carbocycles. The van der Waals surface area contributed by atoms with Crippen LogP contribution in [0.4, 0.5) is 0 Å². The summed E-state index contributed by atoms with van der Waals surface area (Å²) in [5.41, 5.74) is 4.20. The van der Waals surface area contributed by atoms with E-state index in [0.717, 1.165) is 8.47 Å². The highest BCUT2D eigenvalue weighted by Crippen LogP contribution is 2.21. The lowest BCUT2D eigenvalue weighted by Gasteiger charge is -2.06. The highest BCUT2D eigenvalue weighted by molar-refractivity contribution is 9.11. The van der Waals surface area contributed by atoms with Gasteiger partial charge >= 0.3 is 0 Å². The molecule has 2 amide bonds. The highest BCUT2D eigenvalue weighted by atomic mass is 79.9. The van der Waals surface area contributed by atoms with Crippen LogP contribution in [0.5, 0.6) is 0 Å². The summed E-state index contributed by atoms with van der Waals surface area (Å²) in [4.78, 5) is 35.0. The van der Waals surface area contributed by atoms with E-state index < -0.39 is 11.8 Å². The van der Waals surface area contributed by atoms with Crippen LogP contribution in [-0.4, -0.2) is 21.6 Å². The fourth-order valence-electron chi connectivity index (χ4n) is 1.30. The number of aryl methyl sites for hydroxylation is 1. The summed E-state index contributed by atoms with van der Waals surface area (Å²) in [6.07, 6.45) is 0. The zero-order valence-corrected chi connectivity index (χ0v) is 12.6. The van der Waals surface area contributed by atoms with Crippen LogP contribution in [-0.2, 0) is 7.05 Å². The number of aromatic nitrogens is 2. The third-order valence-corrected chi connectivity index (χ3v) is 3.90. The van der Waals surface area contributed by atoms with Crippen LogP contribution >= 0.6 is 27.3 Å². The van der Waals surface area contributed by atoms with Gasteiger partial charge in [-0.25, -0.2) is 4.68 Å². The minimum absolute atomic E-state index is 0.0276. The van der Waals surface area contributed by atoms with Gasteiger partial charge in [0.05, 0.1) is 8.66 Å². The Kier molecular flexibility index (Phi) is 4.30. The minimum Gasteiger partial charge on any atom is -0.268 e. The molecule has 104 valence electrons. The summed E-state index contributed by atoms with van der Waals surface area (Å²) >= 11 is 4.48. The molecule has 0 aliphatic rings. The Morgan fingerprint density at radius 1 is 1.20 bits per heavy atom. The van der Waals surface area contributed by atoms with Crippen molar-refractivity contribution in [2.75, 3.05) is 0 Å². The van der Waals surface area contributed by atoms with Gasteiger partial charge in [0.25, 0.3) is 17.4 Å². The van der Waals surface area contributed by atoms with Crippen LogP contribution in [0.2, 0.25) is 0 Å². The molecule has 0 spiro atoms. The number of hydrogen-bond donors (Lipinski definition) is 2. The van der Waals surface area contributed by atoms with Gasteiger partial charge in [-0.15, -0.1) is 11.3 Å². The van der Waals surface area contributed by atoms with Crippen LogP contribution in [0.25, 0.3) is 0 Å². The number of nitrogens with zero attached hydrogens (tertiary/aromatic N) is 2. The molecule has 2 rings (SSSR count). The molecule has 0 saturated heterocycles. The molecule has 2 aromatic rings. The number of hydrogen-bond acceptors (Lipinski definition) is 5. The summed E-state index contributed by atoms with van der Waals surface area (Å²) < 4.78 is 1.85. The smallest absolute Gasteiger partial charge is 0.268 e. The van der Waals surface area contributed by atoms with E-state index in [1.54, 1.807) is 12.1 Å². The van der Waals surface area contributed by atoms with Gasteiger partial charge in [-0.05, 0) is 34.1 Å². The largest absolute Gasteiger partial charge is 0.290 e. The molecule has 0 aliphatic carbocycles. The molecule has 0 aliphatic heterocycles. The summed E-state index contributed by atoms with van der Waals surface area (Å²) in [5, 5.41) is 3.76. The Labute approximate surface area is 125 Å². The van der Waals surface area contributed by atoms with Crippen LogP contribution in [0.3, 0.4) is 0 Å². The van der Waals surface area contributed by atoms with Crippen molar-refractivity contribution in [3.63, 3.8) is 0 Å². The molecular formula is C11H9BrN4O3S. The number of hydrazine groups is 1. The minimum atomic E-state index is -0.607. The SMILES string of the molecule is Cn1nc(C(=O)NNC(=O)c2ccc(Br)s2)ccc1=O. The number of amides is 2. The molecule has 0 bridgehead atoms. The van der Waals surface area contributed by atoms with Crippen molar-refractivity contribution in [2.24, 2.45) is 7.05 Å². The lowest BCUT2D eigenvalue weighted by Crippen LogP contribution is -2.42. The highest BCUT2D eigenvalue weighted by Gasteiger charge is 2.12. The van der Waals surface area contributed by atoms with Gasteiger partial charge in [-0.1, -0.05) is 0 Å². The van der Waals surface area contributed by atoms with E-state index in [9.17, 15) is 14.4 Å². The Balaban J connectivity index is 2.00. The predicted octanol–water partition coefficient (Wildman–Crippen LogP) is 0.679. The van der Waals surface area contributed by atoms with Gasteiger partial charge in [0.1, 0.15) is 0 Å². The van der Waals surface area contributed by atoms with E-state index in [0.29, 0.717) is 4.88 Å². The van der Waals surface area contributed by atoms with E-state index in [2.05, 4.69) is 31.9 Å². The third-order valence-electron chi connectivity index (χ3n) is 2.28. The molecule has 20 heavy (non-hydrogen) atoms. The van der Waals surface area contributed by atoms with E-state index >= 15 is 0 Å². The predicted molar refractivity (Wildman–Crippen MR) is 76.4 cm³/mol. The maximum Gasteiger partial charge on any atom is 0.290 e. The zero-order valence-electron chi connectivity index (χ0n) is 10.2. The summed E-state index contributed by atoms with van der Waals surface area (Å²) in [5.74, 6) is -1.04. The zero-order chi connectivity index (χ0) is 14.7. The number of halogens is 1. The first-order chi connectivity index (χ1) is 9.47. The quantitative estimate of drug-likeness (QED) is 0.773. The lowest BCUT2D eigenvalue weighted by atomic mass is 10.4. The van der Waals surface area contributed by atoms with Crippen LogP contribution in [0, 0.1) is 0 Å². The maximum atomic E-state index is 11.7. The fraction of sp³-hybridized carbons (Fsp3) is 0.0909. The first-order valence-electron chi connectivity index (χ1n) is 5.38.